The van der Waals surface area contributed by atoms with Crippen LogP contribution in [0, 0.1) is 23.2 Å². The van der Waals surface area contributed by atoms with Crippen molar-refractivity contribution < 1.29 is 9.53 Å². The maximum atomic E-state index is 12.8. The van der Waals surface area contributed by atoms with E-state index in [0.717, 1.165) is 37.8 Å². The van der Waals surface area contributed by atoms with Crippen LogP contribution in [0.15, 0.2) is 0 Å². The summed E-state index contributed by atoms with van der Waals surface area (Å²) in [5.74, 6) is 2.15. The highest BCUT2D eigenvalue weighted by atomic mass is 16.5. The molecular formula is C17H28N2O2. The van der Waals surface area contributed by atoms with Gasteiger partial charge in [0.05, 0.1) is 13.2 Å². The molecule has 1 heterocycles. The molecule has 4 aliphatic rings. The first-order chi connectivity index (χ1) is 10.2. The van der Waals surface area contributed by atoms with Crippen molar-refractivity contribution in [2.75, 3.05) is 26.3 Å². The topological polar surface area (TPSA) is 55.6 Å². The van der Waals surface area contributed by atoms with Crippen LogP contribution in [0.3, 0.4) is 0 Å². The lowest BCUT2D eigenvalue weighted by molar-refractivity contribution is -0.143. The molecule has 4 nitrogen and oxygen atoms in total. The van der Waals surface area contributed by atoms with Gasteiger partial charge in [-0.05, 0) is 55.8 Å². The number of hydrogen-bond acceptors (Lipinski definition) is 3. The number of amides is 1. The molecule has 118 valence electrons. The predicted octanol–water partition coefficient (Wildman–Crippen LogP) is 1.78. The molecule has 1 saturated heterocycles. The zero-order valence-corrected chi connectivity index (χ0v) is 12.9. The SMILES string of the molecule is NC1C2CCC(C2)[C@]12CCC[C@H](C(=O)N1CCOCC1)C2. The fourth-order valence-electron chi connectivity index (χ4n) is 5.87. The molecule has 3 unspecified atom stereocenters. The van der Waals surface area contributed by atoms with Gasteiger partial charge in [0.25, 0.3) is 0 Å². The summed E-state index contributed by atoms with van der Waals surface area (Å²) in [5, 5.41) is 0. The zero-order valence-electron chi connectivity index (χ0n) is 12.9. The van der Waals surface area contributed by atoms with E-state index in [1.165, 1.54) is 32.1 Å². The first-order valence-corrected chi connectivity index (χ1v) is 8.83. The quantitative estimate of drug-likeness (QED) is 0.801. The van der Waals surface area contributed by atoms with Crippen molar-refractivity contribution in [1.29, 1.82) is 0 Å². The van der Waals surface area contributed by atoms with Gasteiger partial charge in [-0.2, -0.15) is 0 Å². The third-order valence-corrected chi connectivity index (χ3v) is 6.95. The summed E-state index contributed by atoms with van der Waals surface area (Å²) in [6.07, 6.45) is 8.61. The number of rotatable bonds is 1. The predicted molar refractivity (Wildman–Crippen MR) is 80.6 cm³/mol. The summed E-state index contributed by atoms with van der Waals surface area (Å²) in [5.41, 5.74) is 6.92. The van der Waals surface area contributed by atoms with Crippen LogP contribution in [0.25, 0.3) is 0 Å². The number of morpholine rings is 1. The lowest BCUT2D eigenvalue weighted by Crippen LogP contribution is -2.52. The summed E-state index contributed by atoms with van der Waals surface area (Å²) >= 11 is 0. The summed E-state index contributed by atoms with van der Waals surface area (Å²) in [6.45, 7) is 2.96. The van der Waals surface area contributed by atoms with Crippen LogP contribution in [-0.2, 0) is 9.53 Å². The highest BCUT2D eigenvalue weighted by Gasteiger charge is 2.58. The van der Waals surface area contributed by atoms with Gasteiger partial charge in [-0.1, -0.05) is 6.42 Å². The Balaban J connectivity index is 1.49. The Labute approximate surface area is 127 Å². The molecule has 1 amide bonds. The van der Waals surface area contributed by atoms with Crippen molar-refractivity contribution in [2.45, 2.75) is 51.0 Å². The van der Waals surface area contributed by atoms with Gasteiger partial charge in [0, 0.05) is 25.0 Å². The van der Waals surface area contributed by atoms with E-state index in [1.807, 2.05) is 4.90 Å². The second-order valence-electron chi connectivity index (χ2n) is 7.76. The summed E-state index contributed by atoms with van der Waals surface area (Å²) in [7, 11) is 0. The number of fused-ring (bicyclic) bond motifs is 3. The van der Waals surface area contributed by atoms with Crippen LogP contribution in [-0.4, -0.2) is 43.2 Å². The Morgan fingerprint density at radius 2 is 2.00 bits per heavy atom. The van der Waals surface area contributed by atoms with Gasteiger partial charge in [0.1, 0.15) is 0 Å². The molecule has 21 heavy (non-hydrogen) atoms. The third kappa shape index (κ3) is 2.14. The Morgan fingerprint density at radius 3 is 2.71 bits per heavy atom. The van der Waals surface area contributed by atoms with Crippen molar-refractivity contribution in [3.8, 4) is 0 Å². The smallest absolute Gasteiger partial charge is 0.225 e. The van der Waals surface area contributed by atoms with E-state index in [4.69, 9.17) is 10.5 Å². The van der Waals surface area contributed by atoms with Crippen LogP contribution in [0.4, 0.5) is 0 Å². The highest BCUT2D eigenvalue weighted by molar-refractivity contribution is 5.79. The van der Waals surface area contributed by atoms with Gasteiger partial charge in [-0.25, -0.2) is 0 Å². The average molecular weight is 292 g/mol. The van der Waals surface area contributed by atoms with Crippen molar-refractivity contribution >= 4 is 5.91 Å². The molecule has 3 saturated carbocycles. The van der Waals surface area contributed by atoms with Gasteiger partial charge in [-0.15, -0.1) is 0 Å². The Hall–Kier alpha value is -0.610. The van der Waals surface area contributed by atoms with Crippen molar-refractivity contribution in [3.05, 3.63) is 0 Å². The molecule has 2 N–H and O–H groups in total. The monoisotopic (exact) mass is 292 g/mol. The molecule has 4 fully saturated rings. The summed E-state index contributed by atoms with van der Waals surface area (Å²) < 4.78 is 5.37. The minimum Gasteiger partial charge on any atom is -0.378 e. The second-order valence-corrected chi connectivity index (χ2v) is 7.76. The van der Waals surface area contributed by atoms with E-state index < -0.39 is 0 Å². The maximum absolute atomic E-state index is 12.8. The minimum atomic E-state index is 0.224. The largest absolute Gasteiger partial charge is 0.378 e. The van der Waals surface area contributed by atoms with Gasteiger partial charge >= 0.3 is 0 Å². The zero-order chi connectivity index (χ0) is 14.4. The van der Waals surface area contributed by atoms with Crippen LogP contribution < -0.4 is 5.73 Å². The van der Waals surface area contributed by atoms with Crippen molar-refractivity contribution in [1.82, 2.24) is 4.90 Å². The molecule has 0 radical (unpaired) electrons. The summed E-state index contributed by atoms with van der Waals surface area (Å²) in [4.78, 5) is 14.9. The van der Waals surface area contributed by atoms with Crippen molar-refractivity contribution in [2.24, 2.45) is 28.9 Å². The number of ether oxygens (including phenoxy) is 1. The number of hydrogen-bond donors (Lipinski definition) is 1. The van der Waals surface area contributed by atoms with Gasteiger partial charge in [-0.3, -0.25) is 4.79 Å². The molecule has 0 aromatic rings. The Morgan fingerprint density at radius 1 is 1.19 bits per heavy atom. The lowest BCUT2D eigenvalue weighted by atomic mass is 9.59. The maximum Gasteiger partial charge on any atom is 0.225 e. The van der Waals surface area contributed by atoms with E-state index >= 15 is 0 Å². The molecule has 1 spiro atoms. The summed E-state index contributed by atoms with van der Waals surface area (Å²) in [6, 6.07) is 0.358. The molecular weight excluding hydrogens is 264 g/mol. The normalized spacial score (nSPS) is 46.2. The van der Waals surface area contributed by atoms with Gasteiger partial charge in [0.2, 0.25) is 5.91 Å². The number of carbonyl (C=O) groups is 1. The molecule has 5 atom stereocenters. The number of nitrogens with zero attached hydrogens (tertiary/aromatic N) is 1. The van der Waals surface area contributed by atoms with Crippen LogP contribution in [0.2, 0.25) is 0 Å². The van der Waals surface area contributed by atoms with E-state index in [0.29, 0.717) is 30.6 Å². The number of nitrogens with two attached hydrogens (primary N) is 1. The van der Waals surface area contributed by atoms with E-state index in [-0.39, 0.29) is 5.92 Å². The third-order valence-electron chi connectivity index (χ3n) is 6.95. The fraction of sp³-hybridized carbons (Fsp3) is 0.941. The second kappa shape index (κ2) is 5.24. The molecule has 4 rings (SSSR count). The molecule has 2 bridgehead atoms. The van der Waals surface area contributed by atoms with E-state index in [1.54, 1.807) is 0 Å². The molecule has 0 aromatic heterocycles. The molecule has 1 aliphatic heterocycles. The molecule has 4 heteroatoms. The standard InChI is InChI=1S/C17H28N2O2/c18-15-12-3-4-14(10-12)17(15)5-1-2-13(11-17)16(20)19-6-8-21-9-7-19/h12-15H,1-11,18H2/t12?,13-,14?,15?,17+/m0/s1. The van der Waals surface area contributed by atoms with E-state index in [9.17, 15) is 4.79 Å². The first-order valence-electron chi connectivity index (χ1n) is 8.83. The van der Waals surface area contributed by atoms with Crippen LogP contribution in [0.1, 0.15) is 44.9 Å². The first kappa shape index (κ1) is 14.0. The average Bonchev–Trinajstić information content (AvgIpc) is 3.11. The van der Waals surface area contributed by atoms with Crippen LogP contribution >= 0.6 is 0 Å². The fourth-order valence-corrected chi connectivity index (χ4v) is 5.87. The van der Waals surface area contributed by atoms with Crippen molar-refractivity contribution in [3.63, 3.8) is 0 Å². The Kier molecular flexibility index (Phi) is 3.49. The highest BCUT2D eigenvalue weighted by Crippen LogP contribution is 2.61. The van der Waals surface area contributed by atoms with Gasteiger partial charge in [0.15, 0.2) is 0 Å². The van der Waals surface area contributed by atoms with Gasteiger partial charge < -0.3 is 15.4 Å². The molecule has 3 aliphatic carbocycles. The minimum absolute atomic E-state index is 0.224. The number of carbonyl (C=O) groups excluding carboxylic acids is 1. The molecule has 0 aromatic carbocycles. The Bertz CT molecular complexity index is 417. The van der Waals surface area contributed by atoms with E-state index in [2.05, 4.69) is 0 Å². The van der Waals surface area contributed by atoms with Crippen LogP contribution in [0.5, 0.6) is 0 Å². The lowest BCUT2D eigenvalue weighted by Gasteiger charge is -2.48.